The summed E-state index contributed by atoms with van der Waals surface area (Å²) < 4.78 is 3.95. The van der Waals surface area contributed by atoms with Gasteiger partial charge in [-0.3, -0.25) is 4.79 Å². The van der Waals surface area contributed by atoms with Crippen molar-refractivity contribution < 1.29 is 4.79 Å². The Hall–Kier alpha value is -3.55. The molecule has 4 aromatic rings. The molecule has 0 bridgehead atoms. The zero-order valence-electron chi connectivity index (χ0n) is 16.6. The average molecular weight is 389 g/mol. The van der Waals surface area contributed by atoms with Crippen LogP contribution in [-0.4, -0.2) is 47.2 Å². The Bertz CT molecular complexity index is 1120. The maximum atomic E-state index is 12.9. The average Bonchev–Trinajstić information content (AvgIpc) is 3.35. The zero-order valence-corrected chi connectivity index (χ0v) is 16.6. The van der Waals surface area contributed by atoms with Gasteiger partial charge in [0.2, 0.25) is 0 Å². The number of carbonyl (C=O) groups is 1. The molecule has 1 amide bonds. The number of carbonyl (C=O) groups excluding carboxylic acids is 1. The highest BCUT2D eigenvalue weighted by atomic mass is 16.2. The molecule has 0 atom stereocenters. The van der Waals surface area contributed by atoms with Crippen LogP contribution in [0.2, 0.25) is 0 Å². The number of pyridine rings is 1. The lowest BCUT2D eigenvalue weighted by Gasteiger charge is -2.17. The molecule has 0 radical (unpaired) electrons. The first-order valence-corrected chi connectivity index (χ1v) is 9.62. The summed E-state index contributed by atoms with van der Waals surface area (Å²) in [5.74, 6) is 0.645. The van der Waals surface area contributed by atoms with Gasteiger partial charge in [0.25, 0.3) is 5.91 Å². The van der Waals surface area contributed by atoms with E-state index in [1.807, 2.05) is 27.3 Å². The van der Waals surface area contributed by atoms with E-state index in [-0.39, 0.29) is 5.91 Å². The summed E-state index contributed by atoms with van der Waals surface area (Å²) in [6.45, 7) is 4.00. The van der Waals surface area contributed by atoms with E-state index in [0.717, 1.165) is 24.4 Å². The molecule has 148 valence electrons. The van der Waals surface area contributed by atoms with Crippen molar-refractivity contribution in [1.29, 1.82) is 0 Å². The van der Waals surface area contributed by atoms with Crippen LogP contribution in [0.5, 0.6) is 0 Å². The van der Waals surface area contributed by atoms with E-state index in [0.29, 0.717) is 24.2 Å². The highest BCUT2D eigenvalue weighted by molar-refractivity contribution is 5.96. The third-order valence-electron chi connectivity index (χ3n) is 4.78. The molecule has 0 aliphatic rings. The van der Waals surface area contributed by atoms with Crippen LogP contribution in [0.15, 0.2) is 55.2 Å². The lowest BCUT2D eigenvalue weighted by Crippen LogP contribution is -2.28. The van der Waals surface area contributed by atoms with Gasteiger partial charge in [0.1, 0.15) is 11.8 Å². The Balaban J connectivity index is 1.51. The number of fused-ring (bicyclic) bond motifs is 1. The first-order valence-electron chi connectivity index (χ1n) is 9.62. The second-order valence-electron chi connectivity index (χ2n) is 7.03. The molecule has 0 unspecified atom stereocenters. The molecular formula is C21H23N7O. The van der Waals surface area contributed by atoms with Gasteiger partial charge in [-0.25, -0.2) is 9.97 Å². The van der Waals surface area contributed by atoms with Crippen LogP contribution in [0, 0.1) is 0 Å². The van der Waals surface area contributed by atoms with E-state index in [1.54, 1.807) is 36.9 Å². The molecule has 0 fully saturated rings. The largest absolute Gasteiger partial charge is 0.334 e. The summed E-state index contributed by atoms with van der Waals surface area (Å²) in [6.07, 6.45) is 6.05. The number of hydrogen-bond donors (Lipinski definition) is 0. The Morgan fingerprint density at radius 1 is 1.10 bits per heavy atom. The normalized spacial score (nSPS) is 11.1. The molecule has 3 aromatic heterocycles. The minimum Gasteiger partial charge on any atom is -0.334 e. The molecular weight excluding hydrogens is 366 g/mol. The predicted octanol–water partition coefficient (Wildman–Crippen LogP) is 2.75. The standard InChI is InChI=1S/C21H23N7O/c1-3-9-27-15-24-25-19(27)13-26(2)21(29)17-10-18-20(22-11-17)28(14-23-18)12-16-7-5-4-6-8-16/h4-8,10-11,14-15H,3,9,12-13H2,1-2H3. The van der Waals surface area contributed by atoms with E-state index in [9.17, 15) is 4.79 Å². The van der Waals surface area contributed by atoms with E-state index in [2.05, 4.69) is 39.2 Å². The monoisotopic (exact) mass is 389 g/mol. The van der Waals surface area contributed by atoms with Crippen molar-refractivity contribution in [3.8, 4) is 0 Å². The van der Waals surface area contributed by atoms with Crippen molar-refractivity contribution >= 4 is 17.1 Å². The maximum Gasteiger partial charge on any atom is 0.255 e. The van der Waals surface area contributed by atoms with Crippen LogP contribution in [0.3, 0.4) is 0 Å². The van der Waals surface area contributed by atoms with Gasteiger partial charge in [0.05, 0.1) is 25.0 Å². The molecule has 3 heterocycles. The molecule has 8 nitrogen and oxygen atoms in total. The Labute approximate surface area is 168 Å². The van der Waals surface area contributed by atoms with Crippen LogP contribution in [0.4, 0.5) is 0 Å². The molecule has 0 saturated carbocycles. The summed E-state index contributed by atoms with van der Waals surface area (Å²) in [5, 5.41) is 8.09. The van der Waals surface area contributed by atoms with Crippen molar-refractivity contribution in [3.05, 3.63) is 72.2 Å². The third-order valence-corrected chi connectivity index (χ3v) is 4.78. The summed E-state index contributed by atoms with van der Waals surface area (Å²) in [7, 11) is 1.76. The van der Waals surface area contributed by atoms with Crippen LogP contribution in [0.1, 0.15) is 35.1 Å². The summed E-state index contributed by atoms with van der Waals surface area (Å²) in [5.41, 5.74) is 3.14. The third kappa shape index (κ3) is 4.01. The Morgan fingerprint density at radius 3 is 2.72 bits per heavy atom. The molecule has 0 spiro atoms. The predicted molar refractivity (Wildman–Crippen MR) is 109 cm³/mol. The van der Waals surface area contributed by atoms with Crippen LogP contribution in [-0.2, 0) is 19.6 Å². The van der Waals surface area contributed by atoms with Gasteiger partial charge >= 0.3 is 0 Å². The minimum atomic E-state index is -0.122. The van der Waals surface area contributed by atoms with Gasteiger partial charge in [0, 0.05) is 19.8 Å². The summed E-state index contributed by atoms with van der Waals surface area (Å²) >= 11 is 0. The van der Waals surface area contributed by atoms with Gasteiger partial charge < -0.3 is 14.0 Å². The number of benzene rings is 1. The van der Waals surface area contributed by atoms with Crippen molar-refractivity contribution in [2.24, 2.45) is 0 Å². The second kappa shape index (κ2) is 8.22. The van der Waals surface area contributed by atoms with Crippen LogP contribution >= 0.6 is 0 Å². The fourth-order valence-corrected chi connectivity index (χ4v) is 3.29. The van der Waals surface area contributed by atoms with Gasteiger partial charge in [0.15, 0.2) is 11.5 Å². The highest BCUT2D eigenvalue weighted by Gasteiger charge is 2.17. The number of imidazole rings is 1. The fraction of sp³-hybridized carbons (Fsp3) is 0.286. The van der Waals surface area contributed by atoms with E-state index >= 15 is 0 Å². The van der Waals surface area contributed by atoms with Crippen molar-refractivity contribution in [3.63, 3.8) is 0 Å². The number of aryl methyl sites for hydroxylation is 1. The van der Waals surface area contributed by atoms with Gasteiger partial charge in [-0.2, -0.15) is 0 Å². The first kappa shape index (κ1) is 18.8. The van der Waals surface area contributed by atoms with E-state index in [1.165, 1.54) is 5.56 Å². The molecule has 0 saturated heterocycles. The molecule has 29 heavy (non-hydrogen) atoms. The Morgan fingerprint density at radius 2 is 1.93 bits per heavy atom. The van der Waals surface area contributed by atoms with Gasteiger partial charge in [-0.05, 0) is 18.1 Å². The molecule has 8 heteroatoms. The molecule has 0 aliphatic carbocycles. The van der Waals surface area contributed by atoms with Gasteiger partial charge in [-0.15, -0.1) is 10.2 Å². The van der Waals surface area contributed by atoms with Crippen molar-refractivity contribution in [2.45, 2.75) is 33.0 Å². The molecule has 4 rings (SSSR count). The van der Waals surface area contributed by atoms with Crippen molar-refractivity contribution in [2.75, 3.05) is 7.05 Å². The number of hydrogen-bond acceptors (Lipinski definition) is 5. The quantitative estimate of drug-likeness (QED) is 0.485. The van der Waals surface area contributed by atoms with E-state index < -0.39 is 0 Å². The fourth-order valence-electron chi connectivity index (χ4n) is 3.29. The lowest BCUT2D eigenvalue weighted by atomic mass is 10.2. The van der Waals surface area contributed by atoms with Crippen LogP contribution in [0.25, 0.3) is 11.2 Å². The Kier molecular flexibility index (Phi) is 5.33. The smallest absolute Gasteiger partial charge is 0.255 e. The summed E-state index contributed by atoms with van der Waals surface area (Å²) in [4.78, 5) is 23.4. The maximum absolute atomic E-state index is 12.9. The van der Waals surface area contributed by atoms with E-state index in [4.69, 9.17) is 0 Å². The number of nitrogens with zero attached hydrogens (tertiary/aromatic N) is 7. The second-order valence-corrected chi connectivity index (χ2v) is 7.03. The molecule has 0 N–H and O–H groups in total. The topological polar surface area (TPSA) is 81.7 Å². The zero-order chi connectivity index (χ0) is 20.2. The first-order chi connectivity index (χ1) is 14.2. The molecule has 1 aromatic carbocycles. The van der Waals surface area contributed by atoms with Gasteiger partial charge in [-0.1, -0.05) is 37.3 Å². The van der Waals surface area contributed by atoms with Crippen molar-refractivity contribution in [1.82, 2.24) is 34.2 Å². The lowest BCUT2D eigenvalue weighted by molar-refractivity contribution is 0.0779. The number of rotatable bonds is 7. The number of amides is 1. The summed E-state index contributed by atoms with van der Waals surface area (Å²) in [6, 6.07) is 11.9. The SMILES string of the molecule is CCCn1cnnc1CN(C)C(=O)c1cnc2c(c1)ncn2Cc1ccccc1. The minimum absolute atomic E-state index is 0.122. The highest BCUT2D eigenvalue weighted by Crippen LogP contribution is 2.15. The number of aromatic nitrogens is 6. The molecule has 0 aliphatic heterocycles. The van der Waals surface area contributed by atoms with Crippen LogP contribution < -0.4 is 0 Å².